The van der Waals surface area contributed by atoms with Gasteiger partial charge in [0.1, 0.15) is 0 Å². The maximum absolute atomic E-state index is 12.0. The number of hydrogen-bond donors (Lipinski definition) is 0. The van der Waals surface area contributed by atoms with Crippen LogP contribution in [0.5, 0.6) is 11.5 Å². The quantitative estimate of drug-likeness (QED) is 0.392. The highest BCUT2D eigenvalue weighted by Crippen LogP contribution is 2.27. The average Bonchev–Trinajstić information content (AvgIpc) is 2.60. The minimum atomic E-state index is -0.298. The van der Waals surface area contributed by atoms with E-state index in [2.05, 4.69) is 24.3 Å². The normalized spacial score (nSPS) is 10.5. The van der Waals surface area contributed by atoms with Crippen molar-refractivity contribution in [1.82, 2.24) is 0 Å². The summed E-state index contributed by atoms with van der Waals surface area (Å²) in [5, 5.41) is 2.35. The molecule has 0 N–H and O–H groups in total. The first-order chi connectivity index (χ1) is 11.3. The predicted octanol–water partition coefficient (Wildman–Crippen LogP) is 4.55. The molecule has 0 aliphatic heterocycles. The van der Waals surface area contributed by atoms with Gasteiger partial charge in [-0.2, -0.15) is 0 Å². The maximum atomic E-state index is 12.0. The molecule has 0 aliphatic rings. The summed E-state index contributed by atoms with van der Waals surface area (Å²) >= 11 is 1.46. The van der Waals surface area contributed by atoms with Crippen LogP contribution in [0.1, 0.15) is 0 Å². The SMILES string of the molecule is COc1ccccc1OC(=O)CSc1ccc2ccccc2c1. The molecule has 0 atom stereocenters. The highest BCUT2D eigenvalue weighted by molar-refractivity contribution is 8.00. The van der Waals surface area contributed by atoms with Crippen molar-refractivity contribution in [2.45, 2.75) is 4.90 Å². The van der Waals surface area contributed by atoms with Crippen molar-refractivity contribution in [3.05, 3.63) is 66.7 Å². The van der Waals surface area contributed by atoms with Crippen molar-refractivity contribution in [3.8, 4) is 11.5 Å². The fraction of sp³-hybridized carbons (Fsp3) is 0.105. The summed E-state index contributed by atoms with van der Waals surface area (Å²) in [6.45, 7) is 0. The van der Waals surface area contributed by atoms with Gasteiger partial charge in [0.25, 0.3) is 0 Å². The Balaban J connectivity index is 1.63. The van der Waals surface area contributed by atoms with Crippen molar-refractivity contribution >= 4 is 28.5 Å². The second-order valence-corrected chi connectivity index (χ2v) is 5.97. The van der Waals surface area contributed by atoms with E-state index in [1.165, 1.54) is 17.1 Å². The van der Waals surface area contributed by atoms with E-state index in [9.17, 15) is 4.79 Å². The molecule has 0 heterocycles. The molecule has 0 aromatic heterocycles. The molecule has 116 valence electrons. The van der Waals surface area contributed by atoms with E-state index in [1.807, 2.05) is 30.3 Å². The standard InChI is InChI=1S/C19H16O3S/c1-21-17-8-4-5-9-18(17)22-19(20)13-23-16-11-10-14-6-2-3-7-15(14)12-16/h2-12H,13H2,1H3. The van der Waals surface area contributed by atoms with E-state index in [0.29, 0.717) is 11.5 Å². The number of benzene rings is 3. The molecular formula is C19H16O3S. The van der Waals surface area contributed by atoms with Gasteiger partial charge in [-0.15, -0.1) is 11.8 Å². The first-order valence-corrected chi connectivity index (χ1v) is 8.20. The zero-order valence-electron chi connectivity index (χ0n) is 12.7. The van der Waals surface area contributed by atoms with E-state index < -0.39 is 0 Å². The van der Waals surface area contributed by atoms with E-state index in [-0.39, 0.29) is 11.7 Å². The van der Waals surface area contributed by atoms with Crippen LogP contribution in [0, 0.1) is 0 Å². The highest BCUT2D eigenvalue weighted by atomic mass is 32.2. The van der Waals surface area contributed by atoms with Gasteiger partial charge in [0.15, 0.2) is 11.5 Å². The Hall–Kier alpha value is -2.46. The van der Waals surface area contributed by atoms with Gasteiger partial charge in [0.05, 0.1) is 12.9 Å². The van der Waals surface area contributed by atoms with Crippen LogP contribution in [0.2, 0.25) is 0 Å². The number of methoxy groups -OCH3 is 1. The average molecular weight is 324 g/mol. The molecule has 0 saturated heterocycles. The van der Waals surface area contributed by atoms with Crippen molar-refractivity contribution in [2.75, 3.05) is 12.9 Å². The predicted molar refractivity (Wildman–Crippen MR) is 93.3 cm³/mol. The van der Waals surface area contributed by atoms with Crippen molar-refractivity contribution < 1.29 is 14.3 Å². The first-order valence-electron chi connectivity index (χ1n) is 7.21. The number of ether oxygens (including phenoxy) is 2. The molecule has 23 heavy (non-hydrogen) atoms. The second kappa shape index (κ2) is 7.20. The lowest BCUT2D eigenvalue weighted by Gasteiger charge is -2.08. The van der Waals surface area contributed by atoms with Crippen molar-refractivity contribution in [1.29, 1.82) is 0 Å². The van der Waals surface area contributed by atoms with Gasteiger partial charge in [0.2, 0.25) is 0 Å². The minimum Gasteiger partial charge on any atom is -0.493 e. The van der Waals surface area contributed by atoms with Crippen LogP contribution in [0.3, 0.4) is 0 Å². The van der Waals surface area contributed by atoms with Crippen molar-refractivity contribution in [3.63, 3.8) is 0 Å². The largest absolute Gasteiger partial charge is 0.493 e. The third-order valence-electron chi connectivity index (χ3n) is 3.37. The summed E-state index contributed by atoms with van der Waals surface area (Å²) < 4.78 is 10.5. The summed E-state index contributed by atoms with van der Waals surface area (Å²) in [5.41, 5.74) is 0. The molecule has 3 rings (SSSR count). The third kappa shape index (κ3) is 3.85. The van der Waals surface area contributed by atoms with Crippen molar-refractivity contribution in [2.24, 2.45) is 0 Å². The number of para-hydroxylation sites is 2. The lowest BCUT2D eigenvalue weighted by atomic mass is 10.1. The maximum Gasteiger partial charge on any atom is 0.321 e. The number of carbonyl (C=O) groups is 1. The summed E-state index contributed by atoms with van der Waals surface area (Å²) in [5.74, 6) is 0.944. The van der Waals surface area contributed by atoms with Gasteiger partial charge in [-0.1, -0.05) is 42.5 Å². The van der Waals surface area contributed by atoms with E-state index in [0.717, 1.165) is 10.3 Å². The summed E-state index contributed by atoms with van der Waals surface area (Å²) in [4.78, 5) is 13.1. The monoisotopic (exact) mass is 324 g/mol. The molecule has 0 radical (unpaired) electrons. The van der Waals surface area contributed by atoms with E-state index >= 15 is 0 Å². The van der Waals surface area contributed by atoms with Crippen LogP contribution in [0.25, 0.3) is 10.8 Å². The molecule has 3 nitrogen and oxygen atoms in total. The summed E-state index contributed by atoms with van der Waals surface area (Å²) in [6, 6.07) is 21.4. The molecule has 3 aromatic carbocycles. The molecular weight excluding hydrogens is 308 g/mol. The molecule has 0 bridgehead atoms. The number of thioether (sulfide) groups is 1. The summed E-state index contributed by atoms with van der Waals surface area (Å²) in [7, 11) is 1.55. The molecule has 3 aromatic rings. The summed E-state index contributed by atoms with van der Waals surface area (Å²) in [6.07, 6.45) is 0. The number of esters is 1. The Morgan fingerprint density at radius 3 is 2.39 bits per heavy atom. The molecule has 4 heteroatoms. The Bertz CT molecular complexity index is 829. The van der Waals surface area contributed by atoms with E-state index in [4.69, 9.17) is 9.47 Å². The van der Waals surface area contributed by atoms with Crippen LogP contribution in [-0.4, -0.2) is 18.8 Å². The van der Waals surface area contributed by atoms with Gasteiger partial charge < -0.3 is 9.47 Å². The van der Waals surface area contributed by atoms with Crippen LogP contribution in [-0.2, 0) is 4.79 Å². The number of rotatable bonds is 5. The lowest BCUT2D eigenvalue weighted by molar-refractivity contribution is -0.131. The van der Waals surface area contributed by atoms with Crippen LogP contribution < -0.4 is 9.47 Å². The van der Waals surface area contributed by atoms with Gasteiger partial charge in [-0.3, -0.25) is 4.79 Å². The van der Waals surface area contributed by atoms with Crippen LogP contribution >= 0.6 is 11.8 Å². The Morgan fingerprint density at radius 2 is 1.61 bits per heavy atom. The second-order valence-electron chi connectivity index (χ2n) is 4.92. The third-order valence-corrected chi connectivity index (χ3v) is 4.34. The Labute approximate surface area is 139 Å². The lowest BCUT2D eigenvalue weighted by Crippen LogP contribution is -2.11. The van der Waals surface area contributed by atoms with E-state index in [1.54, 1.807) is 19.2 Å². The zero-order valence-corrected chi connectivity index (χ0v) is 13.5. The van der Waals surface area contributed by atoms with Gasteiger partial charge in [-0.25, -0.2) is 0 Å². The number of hydrogen-bond acceptors (Lipinski definition) is 4. The van der Waals surface area contributed by atoms with Gasteiger partial charge in [0, 0.05) is 4.90 Å². The topological polar surface area (TPSA) is 35.5 Å². The Morgan fingerprint density at radius 1 is 0.913 bits per heavy atom. The highest BCUT2D eigenvalue weighted by Gasteiger charge is 2.10. The molecule has 0 amide bonds. The molecule has 0 unspecified atom stereocenters. The Kier molecular flexibility index (Phi) is 4.83. The van der Waals surface area contributed by atoms with Gasteiger partial charge in [-0.05, 0) is 35.0 Å². The van der Waals surface area contributed by atoms with Gasteiger partial charge >= 0.3 is 5.97 Å². The smallest absolute Gasteiger partial charge is 0.321 e. The number of carbonyl (C=O) groups excluding carboxylic acids is 1. The fourth-order valence-electron chi connectivity index (χ4n) is 2.25. The molecule has 0 aliphatic carbocycles. The minimum absolute atomic E-state index is 0.246. The molecule has 0 fully saturated rings. The van der Waals surface area contributed by atoms with Crippen LogP contribution in [0.4, 0.5) is 0 Å². The first kappa shape index (κ1) is 15.4. The van der Waals surface area contributed by atoms with Crippen LogP contribution in [0.15, 0.2) is 71.6 Å². The zero-order chi connectivity index (χ0) is 16.1. The molecule has 0 saturated carbocycles. The fourth-order valence-corrected chi connectivity index (χ4v) is 2.97. The number of fused-ring (bicyclic) bond motifs is 1. The molecule has 0 spiro atoms.